The average molecular weight is 437 g/mol. The van der Waals surface area contributed by atoms with Crippen LogP contribution in [0.5, 0.6) is 5.75 Å². The van der Waals surface area contributed by atoms with E-state index >= 15 is 0 Å². The highest BCUT2D eigenvalue weighted by Gasteiger charge is 2.18. The van der Waals surface area contributed by atoms with Crippen LogP contribution in [0.4, 0.5) is 0 Å². The maximum absolute atomic E-state index is 12.0. The first-order chi connectivity index (χ1) is 13.1. The summed E-state index contributed by atoms with van der Waals surface area (Å²) in [5, 5.41) is 2.84. The zero-order valence-electron chi connectivity index (χ0n) is 15.4. The van der Waals surface area contributed by atoms with Gasteiger partial charge >= 0.3 is 0 Å². The maximum atomic E-state index is 12.0. The van der Waals surface area contributed by atoms with Crippen molar-refractivity contribution in [2.75, 3.05) is 33.4 Å². The minimum absolute atomic E-state index is 0.245. The number of benzene rings is 1. The molecule has 1 fully saturated rings. The number of furan rings is 1. The SMILES string of the molecule is CN(CCOc1cccc(CNC(=O)c2ccc(Br)o2)c1)C1CCOCC1. The number of rotatable bonds is 8. The topological polar surface area (TPSA) is 63.9 Å². The molecule has 1 aliphatic rings. The molecule has 7 heteroatoms. The molecule has 0 atom stereocenters. The number of amides is 1. The van der Waals surface area contributed by atoms with Crippen LogP contribution >= 0.6 is 15.9 Å². The summed E-state index contributed by atoms with van der Waals surface area (Å²) >= 11 is 3.19. The largest absolute Gasteiger partial charge is 0.492 e. The Bertz CT molecular complexity index is 743. The second-order valence-electron chi connectivity index (χ2n) is 6.61. The zero-order valence-corrected chi connectivity index (χ0v) is 17.0. The second kappa shape index (κ2) is 9.92. The highest BCUT2D eigenvalue weighted by atomic mass is 79.9. The molecule has 1 amide bonds. The summed E-state index contributed by atoms with van der Waals surface area (Å²) in [6.45, 7) is 3.61. The van der Waals surface area contributed by atoms with Crippen LogP contribution in [0.15, 0.2) is 45.5 Å². The van der Waals surface area contributed by atoms with Crippen LogP contribution in [0.1, 0.15) is 29.0 Å². The fourth-order valence-electron chi connectivity index (χ4n) is 3.07. The van der Waals surface area contributed by atoms with Crippen LogP contribution in [0, 0.1) is 0 Å². The predicted molar refractivity (Wildman–Crippen MR) is 106 cm³/mol. The minimum atomic E-state index is -0.245. The number of carbonyl (C=O) groups excluding carboxylic acids is 1. The molecule has 1 N–H and O–H groups in total. The first kappa shape index (κ1) is 19.9. The van der Waals surface area contributed by atoms with Gasteiger partial charge in [0.2, 0.25) is 0 Å². The lowest BCUT2D eigenvalue weighted by atomic mass is 10.1. The van der Waals surface area contributed by atoms with Gasteiger partial charge in [0, 0.05) is 32.3 Å². The van der Waals surface area contributed by atoms with Crippen LogP contribution < -0.4 is 10.1 Å². The number of hydrogen-bond acceptors (Lipinski definition) is 5. The van der Waals surface area contributed by atoms with Crippen LogP contribution in [0.3, 0.4) is 0 Å². The lowest BCUT2D eigenvalue weighted by Crippen LogP contribution is -2.38. The summed E-state index contributed by atoms with van der Waals surface area (Å²) in [4.78, 5) is 14.4. The number of ether oxygens (including phenoxy) is 2. The number of carbonyl (C=O) groups is 1. The Balaban J connectivity index is 1.43. The van der Waals surface area contributed by atoms with Crippen molar-refractivity contribution in [3.8, 4) is 5.75 Å². The van der Waals surface area contributed by atoms with E-state index in [1.807, 2.05) is 24.3 Å². The third-order valence-corrected chi connectivity index (χ3v) is 5.10. The van der Waals surface area contributed by atoms with Gasteiger partial charge < -0.3 is 19.2 Å². The zero-order chi connectivity index (χ0) is 19.1. The third kappa shape index (κ3) is 6.09. The first-order valence-electron chi connectivity index (χ1n) is 9.15. The molecule has 0 unspecified atom stereocenters. The van der Waals surface area contributed by atoms with Crippen molar-refractivity contribution in [2.24, 2.45) is 0 Å². The first-order valence-corrected chi connectivity index (χ1v) is 9.94. The normalized spacial score (nSPS) is 15.1. The molecule has 1 aliphatic heterocycles. The van der Waals surface area contributed by atoms with E-state index in [4.69, 9.17) is 13.9 Å². The van der Waals surface area contributed by atoms with E-state index in [0.717, 1.165) is 43.9 Å². The van der Waals surface area contributed by atoms with Crippen molar-refractivity contribution in [3.63, 3.8) is 0 Å². The van der Waals surface area contributed by atoms with Gasteiger partial charge in [0.25, 0.3) is 5.91 Å². The molecule has 0 spiro atoms. The molecule has 0 saturated carbocycles. The van der Waals surface area contributed by atoms with Crippen LogP contribution in [-0.4, -0.2) is 50.3 Å². The second-order valence-corrected chi connectivity index (χ2v) is 7.39. The van der Waals surface area contributed by atoms with E-state index < -0.39 is 0 Å². The highest BCUT2D eigenvalue weighted by Crippen LogP contribution is 2.16. The van der Waals surface area contributed by atoms with Gasteiger partial charge in [-0.2, -0.15) is 0 Å². The summed E-state index contributed by atoms with van der Waals surface area (Å²) in [7, 11) is 2.14. The Morgan fingerprint density at radius 1 is 1.30 bits per heavy atom. The molecule has 0 aliphatic carbocycles. The van der Waals surface area contributed by atoms with E-state index in [9.17, 15) is 4.79 Å². The Kier molecular flexibility index (Phi) is 7.32. The predicted octanol–water partition coefficient (Wildman–Crippen LogP) is 3.46. The molecule has 2 aromatic rings. The molecule has 1 aromatic heterocycles. The Labute approximate surface area is 167 Å². The van der Waals surface area contributed by atoms with Gasteiger partial charge in [0.1, 0.15) is 12.4 Å². The molecule has 6 nitrogen and oxygen atoms in total. The molecular formula is C20H25BrN2O4. The fraction of sp³-hybridized carbons (Fsp3) is 0.450. The van der Waals surface area contributed by atoms with E-state index in [2.05, 4.69) is 33.2 Å². The van der Waals surface area contributed by atoms with E-state index in [1.54, 1.807) is 12.1 Å². The summed E-state index contributed by atoms with van der Waals surface area (Å²) in [5.41, 5.74) is 0.976. The van der Waals surface area contributed by atoms with Gasteiger partial charge in [-0.3, -0.25) is 9.69 Å². The number of nitrogens with one attached hydrogen (secondary N) is 1. The standard InChI is InChI=1S/C20H25BrN2O4/c1-23(16-7-10-25-11-8-16)9-12-26-17-4-2-3-15(13-17)14-22-20(24)18-5-6-19(21)27-18/h2-6,13,16H,7-12,14H2,1H3,(H,22,24). The molecule has 1 saturated heterocycles. The Morgan fingerprint density at radius 3 is 2.85 bits per heavy atom. The van der Waals surface area contributed by atoms with Crippen molar-refractivity contribution in [1.29, 1.82) is 0 Å². The maximum Gasteiger partial charge on any atom is 0.287 e. The van der Waals surface area contributed by atoms with Gasteiger partial charge in [0.15, 0.2) is 10.4 Å². The van der Waals surface area contributed by atoms with Crippen molar-refractivity contribution in [2.45, 2.75) is 25.4 Å². The molecule has 3 rings (SSSR count). The Hall–Kier alpha value is -1.83. The van der Waals surface area contributed by atoms with E-state index in [0.29, 0.717) is 23.9 Å². The average Bonchev–Trinajstić information content (AvgIpc) is 3.13. The van der Waals surface area contributed by atoms with Crippen molar-refractivity contribution >= 4 is 21.8 Å². The van der Waals surface area contributed by atoms with Crippen LogP contribution in [0.2, 0.25) is 0 Å². The third-order valence-electron chi connectivity index (χ3n) is 4.68. The van der Waals surface area contributed by atoms with Crippen LogP contribution in [0.25, 0.3) is 0 Å². The molecular weight excluding hydrogens is 412 g/mol. The molecule has 146 valence electrons. The Morgan fingerprint density at radius 2 is 2.11 bits per heavy atom. The van der Waals surface area contributed by atoms with Crippen molar-refractivity contribution in [1.82, 2.24) is 10.2 Å². The monoisotopic (exact) mass is 436 g/mol. The molecule has 27 heavy (non-hydrogen) atoms. The quantitative estimate of drug-likeness (QED) is 0.686. The van der Waals surface area contributed by atoms with Gasteiger partial charge in [-0.1, -0.05) is 12.1 Å². The lowest BCUT2D eigenvalue weighted by molar-refractivity contribution is 0.0392. The number of nitrogens with zero attached hydrogens (tertiary/aromatic N) is 1. The van der Waals surface area contributed by atoms with Gasteiger partial charge in [-0.15, -0.1) is 0 Å². The number of hydrogen-bond donors (Lipinski definition) is 1. The van der Waals surface area contributed by atoms with Crippen molar-refractivity contribution < 1.29 is 18.7 Å². The number of halogens is 1. The molecule has 0 radical (unpaired) electrons. The van der Waals surface area contributed by atoms with Gasteiger partial charge in [-0.25, -0.2) is 0 Å². The summed E-state index contributed by atoms with van der Waals surface area (Å²) in [6.07, 6.45) is 2.16. The number of likely N-dealkylation sites (N-methyl/N-ethyl adjacent to an activating group) is 1. The lowest BCUT2D eigenvalue weighted by Gasteiger charge is -2.31. The van der Waals surface area contributed by atoms with E-state index in [-0.39, 0.29) is 11.7 Å². The molecule has 1 aromatic carbocycles. The van der Waals surface area contributed by atoms with Gasteiger partial charge in [-0.05, 0) is 65.6 Å². The van der Waals surface area contributed by atoms with Crippen molar-refractivity contribution in [3.05, 3.63) is 52.4 Å². The minimum Gasteiger partial charge on any atom is -0.492 e. The van der Waals surface area contributed by atoms with E-state index in [1.165, 1.54) is 0 Å². The summed E-state index contributed by atoms with van der Waals surface area (Å²) in [5.74, 6) is 0.846. The fourth-order valence-corrected chi connectivity index (χ4v) is 3.37. The highest BCUT2D eigenvalue weighted by molar-refractivity contribution is 9.10. The summed E-state index contributed by atoms with van der Waals surface area (Å²) in [6, 6.07) is 11.7. The smallest absolute Gasteiger partial charge is 0.287 e. The summed E-state index contributed by atoms with van der Waals surface area (Å²) < 4.78 is 17.1. The molecule has 0 bridgehead atoms. The van der Waals surface area contributed by atoms with Crippen LogP contribution in [-0.2, 0) is 11.3 Å². The van der Waals surface area contributed by atoms with Gasteiger partial charge in [0.05, 0.1) is 0 Å². The molecule has 2 heterocycles.